The van der Waals surface area contributed by atoms with E-state index >= 15 is 0 Å². The van der Waals surface area contributed by atoms with Crippen LogP contribution in [0.3, 0.4) is 0 Å². The van der Waals surface area contributed by atoms with Gasteiger partial charge in [0.1, 0.15) is 5.75 Å². The van der Waals surface area contributed by atoms with Gasteiger partial charge in [0, 0.05) is 25.7 Å². The second-order valence-electron chi connectivity index (χ2n) is 3.23. The summed E-state index contributed by atoms with van der Waals surface area (Å²) >= 11 is 0. The molecule has 0 aliphatic rings. The van der Waals surface area contributed by atoms with Crippen molar-refractivity contribution in [3.63, 3.8) is 0 Å². The molecule has 2 N–H and O–H groups in total. The standard InChI is InChI=1S/C13H17NO2/c1-15-9-4-10-16-13-7-2-5-12(11-13)6-3-8-14/h2,5,7,11H,4,8-10,14H2,1H3. The van der Waals surface area contributed by atoms with Crippen LogP contribution in [0.4, 0.5) is 0 Å². The largest absolute Gasteiger partial charge is 0.493 e. The summed E-state index contributed by atoms with van der Waals surface area (Å²) in [6, 6.07) is 7.69. The van der Waals surface area contributed by atoms with E-state index in [1.807, 2.05) is 24.3 Å². The van der Waals surface area contributed by atoms with Gasteiger partial charge in [-0.3, -0.25) is 0 Å². The first-order valence-electron chi connectivity index (χ1n) is 5.27. The highest BCUT2D eigenvalue weighted by atomic mass is 16.5. The van der Waals surface area contributed by atoms with Crippen LogP contribution in [-0.4, -0.2) is 26.9 Å². The van der Waals surface area contributed by atoms with Crippen LogP contribution >= 0.6 is 0 Å². The molecule has 0 aromatic heterocycles. The first kappa shape index (κ1) is 12.6. The molecule has 0 saturated carbocycles. The normalized spacial score (nSPS) is 9.38. The fourth-order valence-electron chi connectivity index (χ4n) is 1.21. The molecule has 0 heterocycles. The van der Waals surface area contributed by atoms with E-state index < -0.39 is 0 Å². The van der Waals surface area contributed by atoms with Crippen molar-refractivity contribution in [2.45, 2.75) is 6.42 Å². The van der Waals surface area contributed by atoms with Gasteiger partial charge in [-0.15, -0.1) is 0 Å². The minimum Gasteiger partial charge on any atom is -0.493 e. The Balaban J connectivity index is 2.47. The minimum absolute atomic E-state index is 0.374. The zero-order valence-corrected chi connectivity index (χ0v) is 9.53. The van der Waals surface area contributed by atoms with Gasteiger partial charge in [0.05, 0.1) is 13.2 Å². The molecule has 3 heteroatoms. The van der Waals surface area contributed by atoms with E-state index in [4.69, 9.17) is 15.2 Å². The van der Waals surface area contributed by atoms with Crippen LogP contribution in [0.15, 0.2) is 24.3 Å². The predicted molar refractivity (Wildman–Crippen MR) is 64.4 cm³/mol. The predicted octanol–water partition coefficient (Wildman–Crippen LogP) is 1.41. The molecular formula is C13H17NO2. The average Bonchev–Trinajstić information content (AvgIpc) is 2.33. The van der Waals surface area contributed by atoms with Gasteiger partial charge in [-0.05, 0) is 18.2 Å². The van der Waals surface area contributed by atoms with Gasteiger partial charge in [-0.25, -0.2) is 0 Å². The van der Waals surface area contributed by atoms with Crippen LogP contribution in [0, 0.1) is 11.8 Å². The van der Waals surface area contributed by atoms with Crippen LogP contribution in [0.1, 0.15) is 12.0 Å². The zero-order valence-electron chi connectivity index (χ0n) is 9.53. The molecule has 0 atom stereocenters. The highest BCUT2D eigenvalue weighted by molar-refractivity contribution is 5.39. The van der Waals surface area contributed by atoms with E-state index in [0.29, 0.717) is 19.8 Å². The lowest BCUT2D eigenvalue weighted by atomic mass is 10.2. The summed E-state index contributed by atoms with van der Waals surface area (Å²) in [6.45, 7) is 1.74. The highest BCUT2D eigenvalue weighted by Gasteiger charge is 1.94. The van der Waals surface area contributed by atoms with Crippen molar-refractivity contribution in [1.82, 2.24) is 0 Å². The highest BCUT2D eigenvalue weighted by Crippen LogP contribution is 2.12. The van der Waals surface area contributed by atoms with Gasteiger partial charge < -0.3 is 15.2 Å². The van der Waals surface area contributed by atoms with Crippen molar-refractivity contribution >= 4 is 0 Å². The molecule has 1 aromatic carbocycles. The molecule has 1 rings (SSSR count). The smallest absolute Gasteiger partial charge is 0.120 e. The summed E-state index contributed by atoms with van der Waals surface area (Å²) in [7, 11) is 1.68. The number of rotatable bonds is 5. The topological polar surface area (TPSA) is 44.5 Å². The summed E-state index contributed by atoms with van der Waals surface area (Å²) < 4.78 is 10.5. The molecule has 16 heavy (non-hydrogen) atoms. The van der Waals surface area contributed by atoms with E-state index in [-0.39, 0.29) is 0 Å². The fourth-order valence-corrected chi connectivity index (χ4v) is 1.21. The molecule has 0 aliphatic heterocycles. The van der Waals surface area contributed by atoms with Crippen molar-refractivity contribution in [3.05, 3.63) is 29.8 Å². The number of ether oxygens (including phenoxy) is 2. The summed E-state index contributed by atoms with van der Waals surface area (Å²) in [5.41, 5.74) is 6.23. The van der Waals surface area contributed by atoms with Gasteiger partial charge in [0.15, 0.2) is 0 Å². The second-order valence-corrected chi connectivity index (χ2v) is 3.23. The third-order valence-corrected chi connectivity index (χ3v) is 1.93. The first-order valence-corrected chi connectivity index (χ1v) is 5.27. The average molecular weight is 219 g/mol. The maximum absolute atomic E-state index is 5.55. The minimum atomic E-state index is 0.374. The SMILES string of the molecule is COCCCOc1cccc(C#CCN)c1. The monoisotopic (exact) mass is 219 g/mol. The molecule has 3 nitrogen and oxygen atoms in total. The maximum Gasteiger partial charge on any atom is 0.120 e. The molecular weight excluding hydrogens is 202 g/mol. The van der Waals surface area contributed by atoms with Crippen molar-refractivity contribution in [3.8, 4) is 17.6 Å². The molecule has 86 valence electrons. The van der Waals surface area contributed by atoms with Crippen LogP contribution in [-0.2, 0) is 4.74 Å². The van der Waals surface area contributed by atoms with Crippen molar-refractivity contribution in [1.29, 1.82) is 0 Å². The fraction of sp³-hybridized carbons (Fsp3) is 0.385. The molecule has 0 amide bonds. The number of hydrogen-bond donors (Lipinski definition) is 1. The Labute approximate surface area is 96.6 Å². The molecule has 0 spiro atoms. The van der Waals surface area contributed by atoms with Gasteiger partial charge in [0.25, 0.3) is 0 Å². The Kier molecular flexibility index (Phi) is 6.09. The van der Waals surface area contributed by atoms with E-state index in [1.54, 1.807) is 7.11 Å². The second kappa shape index (κ2) is 7.75. The van der Waals surface area contributed by atoms with Crippen molar-refractivity contribution in [2.24, 2.45) is 5.73 Å². The molecule has 0 saturated heterocycles. The number of hydrogen-bond acceptors (Lipinski definition) is 3. The Bertz CT molecular complexity index is 366. The number of nitrogens with two attached hydrogens (primary N) is 1. The molecule has 0 fully saturated rings. The molecule has 0 radical (unpaired) electrons. The van der Waals surface area contributed by atoms with Crippen LogP contribution in [0.25, 0.3) is 0 Å². The van der Waals surface area contributed by atoms with E-state index in [0.717, 1.165) is 17.7 Å². The summed E-state index contributed by atoms with van der Waals surface area (Å²) in [5.74, 6) is 6.61. The zero-order chi connectivity index (χ0) is 11.6. The van der Waals surface area contributed by atoms with E-state index in [9.17, 15) is 0 Å². The van der Waals surface area contributed by atoms with E-state index in [1.165, 1.54) is 0 Å². The van der Waals surface area contributed by atoms with Crippen molar-refractivity contribution < 1.29 is 9.47 Å². The summed E-state index contributed by atoms with van der Waals surface area (Å²) in [5, 5.41) is 0. The molecule has 0 unspecified atom stereocenters. The van der Waals surface area contributed by atoms with Gasteiger partial charge in [0.2, 0.25) is 0 Å². The Morgan fingerprint density at radius 2 is 2.19 bits per heavy atom. The first-order chi connectivity index (χ1) is 7.86. The van der Waals surface area contributed by atoms with Gasteiger partial charge in [-0.2, -0.15) is 0 Å². The maximum atomic E-state index is 5.55. The molecule has 0 aliphatic carbocycles. The van der Waals surface area contributed by atoms with E-state index in [2.05, 4.69) is 11.8 Å². The summed E-state index contributed by atoms with van der Waals surface area (Å²) in [6.07, 6.45) is 0.884. The van der Waals surface area contributed by atoms with Gasteiger partial charge >= 0.3 is 0 Å². The quantitative estimate of drug-likeness (QED) is 0.601. The van der Waals surface area contributed by atoms with Crippen LogP contribution in [0.2, 0.25) is 0 Å². The Morgan fingerprint density at radius 1 is 1.31 bits per heavy atom. The van der Waals surface area contributed by atoms with Crippen molar-refractivity contribution in [2.75, 3.05) is 26.9 Å². The lowest BCUT2D eigenvalue weighted by Crippen LogP contribution is -2.01. The molecule has 1 aromatic rings. The lowest BCUT2D eigenvalue weighted by molar-refractivity contribution is 0.172. The third-order valence-electron chi connectivity index (χ3n) is 1.93. The van der Waals surface area contributed by atoms with Gasteiger partial charge in [-0.1, -0.05) is 17.9 Å². The Hall–Kier alpha value is -1.50. The molecule has 0 bridgehead atoms. The number of benzene rings is 1. The van der Waals surface area contributed by atoms with Crippen LogP contribution in [0.5, 0.6) is 5.75 Å². The summed E-state index contributed by atoms with van der Waals surface area (Å²) in [4.78, 5) is 0. The number of methoxy groups -OCH3 is 1. The Morgan fingerprint density at radius 3 is 2.94 bits per heavy atom. The lowest BCUT2D eigenvalue weighted by Gasteiger charge is -2.05. The van der Waals surface area contributed by atoms with Crippen LogP contribution < -0.4 is 10.5 Å². The third kappa shape index (κ3) is 4.83.